The van der Waals surface area contributed by atoms with Crippen molar-refractivity contribution in [2.45, 2.75) is 50.5 Å². The maximum Gasteiger partial charge on any atom is 0.191 e. The fourth-order valence-electron chi connectivity index (χ4n) is 4.66. The van der Waals surface area contributed by atoms with Crippen LogP contribution in [0.4, 0.5) is 0 Å². The van der Waals surface area contributed by atoms with Crippen LogP contribution in [0.25, 0.3) is 0 Å². The molecular weight excluding hydrogens is 330 g/mol. The number of nitrogens with one attached hydrogen (secondary N) is 2. The molecule has 144 valence electrons. The standard InChI is InChI=1S/C19H37N5S/c1-20-18(21-9-12-23-10-5-2-6-11-23)22-17-19(7-3-4-8-19)24-13-15-25-16-14-24/h2-17H2,1H3,(H2,20,21,22). The van der Waals surface area contributed by atoms with E-state index < -0.39 is 0 Å². The molecule has 2 saturated heterocycles. The molecule has 0 unspecified atom stereocenters. The molecule has 0 aromatic carbocycles. The molecule has 3 aliphatic rings. The van der Waals surface area contributed by atoms with Crippen molar-refractivity contribution in [3.05, 3.63) is 0 Å². The summed E-state index contributed by atoms with van der Waals surface area (Å²) in [6.45, 7) is 8.22. The number of likely N-dealkylation sites (tertiary alicyclic amines) is 1. The first-order valence-corrected chi connectivity index (χ1v) is 11.5. The van der Waals surface area contributed by atoms with E-state index in [1.54, 1.807) is 0 Å². The zero-order chi connectivity index (χ0) is 17.4. The molecule has 0 radical (unpaired) electrons. The topological polar surface area (TPSA) is 42.9 Å². The molecule has 3 fully saturated rings. The van der Waals surface area contributed by atoms with E-state index in [-0.39, 0.29) is 0 Å². The van der Waals surface area contributed by atoms with Gasteiger partial charge in [-0.1, -0.05) is 19.3 Å². The predicted octanol–water partition coefficient (Wildman–Crippen LogP) is 2.00. The van der Waals surface area contributed by atoms with E-state index in [2.05, 4.69) is 37.2 Å². The highest BCUT2D eigenvalue weighted by molar-refractivity contribution is 7.99. The number of thioether (sulfide) groups is 1. The van der Waals surface area contributed by atoms with Crippen molar-refractivity contribution in [1.29, 1.82) is 0 Å². The number of hydrogen-bond acceptors (Lipinski definition) is 4. The van der Waals surface area contributed by atoms with Crippen molar-refractivity contribution in [1.82, 2.24) is 20.4 Å². The Bertz CT molecular complexity index is 410. The minimum Gasteiger partial charge on any atom is -0.355 e. The van der Waals surface area contributed by atoms with E-state index in [0.717, 1.165) is 25.6 Å². The molecule has 2 N–H and O–H groups in total. The summed E-state index contributed by atoms with van der Waals surface area (Å²) in [6.07, 6.45) is 9.58. The Morgan fingerprint density at radius 3 is 2.36 bits per heavy atom. The lowest BCUT2D eigenvalue weighted by Crippen LogP contribution is -2.57. The molecule has 0 spiro atoms. The average molecular weight is 368 g/mol. The highest BCUT2D eigenvalue weighted by atomic mass is 32.2. The van der Waals surface area contributed by atoms with Crippen LogP contribution in [-0.2, 0) is 0 Å². The molecule has 2 aliphatic heterocycles. The van der Waals surface area contributed by atoms with Crippen LogP contribution in [0, 0.1) is 0 Å². The number of piperidine rings is 1. The van der Waals surface area contributed by atoms with Gasteiger partial charge in [0.2, 0.25) is 0 Å². The lowest BCUT2D eigenvalue weighted by Gasteiger charge is -2.43. The van der Waals surface area contributed by atoms with Crippen LogP contribution in [0.15, 0.2) is 4.99 Å². The molecular formula is C19H37N5S. The molecule has 5 nitrogen and oxygen atoms in total. The number of hydrogen-bond donors (Lipinski definition) is 2. The lowest BCUT2D eigenvalue weighted by atomic mass is 9.94. The Morgan fingerprint density at radius 2 is 1.68 bits per heavy atom. The largest absolute Gasteiger partial charge is 0.355 e. The lowest BCUT2D eigenvalue weighted by molar-refractivity contribution is 0.107. The normalized spacial score (nSPS) is 25.9. The number of rotatable bonds is 6. The van der Waals surface area contributed by atoms with Gasteiger partial charge in [0.15, 0.2) is 5.96 Å². The van der Waals surface area contributed by atoms with Crippen LogP contribution in [0.5, 0.6) is 0 Å². The zero-order valence-corrected chi connectivity index (χ0v) is 16.9. The third-order valence-electron chi connectivity index (χ3n) is 6.19. The van der Waals surface area contributed by atoms with Crippen molar-refractivity contribution >= 4 is 17.7 Å². The van der Waals surface area contributed by atoms with Crippen molar-refractivity contribution in [2.24, 2.45) is 4.99 Å². The predicted molar refractivity (Wildman–Crippen MR) is 110 cm³/mol. The zero-order valence-electron chi connectivity index (χ0n) is 16.1. The van der Waals surface area contributed by atoms with Crippen molar-refractivity contribution < 1.29 is 0 Å². The van der Waals surface area contributed by atoms with Crippen LogP contribution in [0.3, 0.4) is 0 Å². The van der Waals surface area contributed by atoms with Crippen molar-refractivity contribution in [3.63, 3.8) is 0 Å². The van der Waals surface area contributed by atoms with E-state index in [4.69, 9.17) is 0 Å². The third-order valence-corrected chi connectivity index (χ3v) is 7.14. The van der Waals surface area contributed by atoms with Crippen molar-refractivity contribution in [2.75, 3.05) is 64.4 Å². The van der Waals surface area contributed by atoms with Gasteiger partial charge in [0.1, 0.15) is 0 Å². The highest BCUT2D eigenvalue weighted by Gasteiger charge is 2.39. The van der Waals surface area contributed by atoms with Crippen LogP contribution in [-0.4, -0.2) is 85.7 Å². The summed E-state index contributed by atoms with van der Waals surface area (Å²) < 4.78 is 0. The van der Waals surface area contributed by atoms with E-state index in [1.807, 2.05) is 7.05 Å². The van der Waals surface area contributed by atoms with Gasteiger partial charge >= 0.3 is 0 Å². The summed E-state index contributed by atoms with van der Waals surface area (Å²) in [6, 6.07) is 0. The molecule has 0 amide bonds. The van der Waals surface area contributed by atoms with Gasteiger partial charge in [0.05, 0.1) is 0 Å². The first-order chi connectivity index (χ1) is 12.3. The minimum absolute atomic E-state index is 0.367. The van der Waals surface area contributed by atoms with Crippen LogP contribution in [0.1, 0.15) is 44.9 Å². The molecule has 1 aliphatic carbocycles. The maximum absolute atomic E-state index is 4.46. The fourth-order valence-corrected chi connectivity index (χ4v) is 5.56. The van der Waals surface area contributed by atoms with Crippen LogP contribution >= 0.6 is 11.8 Å². The van der Waals surface area contributed by atoms with Gasteiger partial charge in [-0.25, -0.2) is 0 Å². The molecule has 2 heterocycles. The molecule has 6 heteroatoms. The summed E-state index contributed by atoms with van der Waals surface area (Å²) in [5.74, 6) is 3.57. The third kappa shape index (κ3) is 5.51. The molecule has 1 saturated carbocycles. The number of guanidine groups is 1. The Kier molecular flexibility index (Phi) is 7.74. The molecule has 0 aromatic heterocycles. The van der Waals surface area contributed by atoms with Gasteiger partial charge in [-0.15, -0.1) is 0 Å². The van der Waals surface area contributed by atoms with E-state index >= 15 is 0 Å². The van der Waals surface area contributed by atoms with Gasteiger partial charge in [-0.2, -0.15) is 11.8 Å². The van der Waals surface area contributed by atoms with Gasteiger partial charge in [-0.05, 0) is 38.8 Å². The summed E-state index contributed by atoms with van der Waals surface area (Å²) in [4.78, 5) is 9.81. The van der Waals surface area contributed by atoms with E-state index in [1.165, 1.54) is 82.6 Å². The monoisotopic (exact) mass is 367 g/mol. The second-order valence-electron chi connectivity index (χ2n) is 7.79. The Labute approximate surface area is 158 Å². The van der Waals surface area contributed by atoms with E-state index in [9.17, 15) is 0 Å². The summed E-state index contributed by atoms with van der Waals surface area (Å²) in [5, 5.41) is 7.19. The molecule has 0 aromatic rings. The molecule has 0 bridgehead atoms. The van der Waals surface area contributed by atoms with Crippen LogP contribution in [0.2, 0.25) is 0 Å². The quantitative estimate of drug-likeness (QED) is 0.555. The second kappa shape index (κ2) is 10.0. The van der Waals surface area contributed by atoms with Gasteiger partial charge in [0, 0.05) is 56.8 Å². The Morgan fingerprint density at radius 1 is 0.960 bits per heavy atom. The average Bonchev–Trinajstić information content (AvgIpc) is 3.16. The van der Waals surface area contributed by atoms with Gasteiger partial charge < -0.3 is 15.5 Å². The van der Waals surface area contributed by atoms with Crippen LogP contribution < -0.4 is 10.6 Å². The van der Waals surface area contributed by atoms with E-state index in [0.29, 0.717) is 5.54 Å². The molecule has 0 atom stereocenters. The fraction of sp³-hybridized carbons (Fsp3) is 0.947. The molecule has 25 heavy (non-hydrogen) atoms. The SMILES string of the molecule is CN=C(NCCN1CCCCC1)NCC1(N2CCSCC2)CCCC1. The number of aliphatic imine (C=N–C) groups is 1. The second-order valence-corrected chi connectivity index (χ2v) is 9.01. The summed E-state index contributed by atoms with van der Waals surface area (Å²) in [5.41, 5.74) is 0.367. The smallest absolute Gasteiger partial charge is 0.191 e. The van der Waals surface area contributed by atoms with Crippen molar-refractivity contribution in [3.8, 4) is 0 Å². The number of nitrogens with zero attached hydrogens (tertiary/aromatic N) is 3. The first kappa shape index (κ1) is 19.3. The summed E-state index contributed by atoms with van der Waals surface area (Å²) >= 11 is 2.11. The highest BCUT2D eigenvalue weighted by Crippen LogP contribution is 2.36. The maximum atomic E-state index is 4.46. The summed E-state index contributed by atoms with van der Waals surface area (Å²) in [7, 11) is 1.90. The Balaban J connectivity index is 1.43. The van der Waals surface area contributed by atoms with Gasteiger partial charge in [0.25, 0.3) is 0 Å². The first-order valence-electron chi connectivity index (χ1n) is 10.3. The molecule has 3 rings (SSSR count). The Hall–Kier alpha value is -0.460. The van der Waals surface area contributed by atoms with Gasteiger partial charge in [-0.3, -0.25) is 9.89 Å². The minimum atomic E-state index is 0.367.